The molecule has 2 atom stereocenters. The van der Waals surface area contributed by atoms with Gasteiger partial charge in [0.1, 0.15) is 5.78 Å². The lowest BCUT2D eigenvalue weighted by Crippen LogP contribution is -2.22. The molecular weight excluding hydrogens is 338 g/mol. The van der Waals surface area contributed by atoms with Crippen molar-refractivity contribution in [3.63, 3.8) is 0 Å². The van der Waals surface area contributed by atoms with Crippen LogP contribution in [-0.2, 0) is 16.1 Å². The number of hydrogen-bond acceptors (Lipinski definition) is 4. The average molecular weight is 365 g/mol. The van der Waals surface area contributed by atoms with Gasteiger partial charge in [-0.3, -0.25) is 9.69 Å². The van der Waals surface area contributed by atoms with E-state index in [1.54, 1.807) is 19.9 Å². The second kappa shape index (κ2) is 8.49. The van der Waals surface area contributed by atoms with E-state index in [1.165, 1.54) is 5.56 Å². The van der Waals surface area contributed by atoms with Crippen molar-refractivity contribution in [2.24, 2.45) is 5.92 Å². The summed E-state index contributed by atoms with van der Waals surface area (Å²) in [6.07, 6.45) is 0. The topological polar surface area (TPSA) is 46.6 Å². The van der Waals surface area contributed by atoms with Gasteiger partial charge in [0.2, 0.25) is 0 Å². The Balaban J connectivity index is 1.86. The Morgan fingerprint density at radius 1 is 1.11 bits per heavy atom. The van der Waals surface area contributed by atoms with Gasteiger partial charge in [-0.05, 0) is 49.6 Å². The van der Waals surface area contributed by atoms with E-state index in [0.29, 0.717) is 12.2 Å². The lowest BCUT2D eigenvalue weighted by atomic mass is 9.84. The molecule has 0 aromatic heterocycles. The van der Waals surface area contributed by atoms with E-state index in [9.17, 15) is 9.59 Å². The minimum absolute atomic E-state index is 0.0511. The maximum atomic E-state index is 12.3. The highest BCUT2D eigenvalue weighted by Crippen LogP contribution is 2.36. The van der Waals surface area contributed by atoms with Crippen molar-refractivity contribution in [3.8, 4) is 0 Å². The van der Waals surface area contributed by atoms with Crippen molar-refractivity contribution < 1.29 is 14.3 Å². The summed E-state index contributed by atoms with van der Waals surface area (Å²) in [6, 6.07) is 16.0. The summed E-state index contributed by atoms with van der Waals surface area (Å²) in [6.45, 7) is 8.26. The standard InChI is InChI=1S/C23H27NO3/c1-4-27-23(26)19-11-10-16(2)20(12-19)22-15-24(14-21(22)17(3)25)13-18-8-6-5-7-9-18/h5-12,21-22H,4,13-15H2,1-3H3/t21-,22-/m1/s1. The van der Waals surface area contributed by atoms with Crippen LogP contribution in [0.4, 0.5) is 0 Å². The summed E-state index contributed by atoms with van der Waals surface area (Å²) >= 11 is 0. The van der Waals surface area contributed by atoms with Crippen LogP contribution in [-0.4, -0.2) is 36.3 Å². The van der Waals surface area contributed by atoms with Gasteiger partial charge < -0.3 is 4.74 Å². The highest BCUT2D eigenvalue weighted by Gasteiger charge is 2.37. The number of hydrogen-bond donors (Lipinski definition) is 0. The van der Waals surface area contributed by atoms with E-state index in [-0.39, 0.29) is 23.6 Å². The monoisotopic (exact) mass is 365 g/mol. The number of nitrogens with zero attached hydrogens (tertiary/aromatic N) is 1. The van der Waals surface area contributed by atoms with Crippen LogP contribution < -0.4 is 0 Å². The molecular formula is C23H27NO3. The van der Waals surface area contributed by atoms with Gasteiger partial charge in [0.15, 0.2) is 0 Å². The summed E-state index contributed by atoms with van der Waals surface area (Å²) in [5, 5.41) is 0. The fourth-order valence-corrected chi connectivity index (χ4v) is 3.96. The molecule has 0 saturated carbocycles. The molecule has 1 aliphatic heterocycles. The molecule has 0 aliphatic carbocycles. The van der Waals surface area contributed by atoms with Crippen LogP contribution in [0.3, 0.4) is 0 Å². The quantitative estimate of drug-likeness (QED) is 0.727. The van der Waals surface area contributed by atoms with Crippen LogP contribution in [0.15, 0.2) is 48.5 Å². The van der Waals surface area contributed by atoms with Gasteiger partial charge in [-0.15, -0.1) is 0 Å². The molecule has 4 heteroatoms. The molecule has 142 valence electrons. The fraction of sp³-hybridized carbons (Fsp3) is 0.391. The summed E-state index contributed by atoms with van der Waals surface area (Å²) in [5.74, 6) is -0.0563. The molecule has 0 N–H and O–H groups in total. The van der Waals surface area contributed by atoms with Crippen molar-refractivity contribution in [3.05, 3.63) is 70.8 Å². The maximum absolute atomic E-state index is 12.3. The summed E-state index contributed by atoms with van der Waals surface area (Å²) in [7, 11) is 0. The fourth-order valence-electron chi connectivity index (χ4n) is 3.96. The highest BCUT2D eigenvalue weighted by molar-refractivity contribution is 5.90. The molecule has 1 aliphatic rings. The zero-order valence-corrected chi connectivity index (χ0v) is 16.3. The highest BCUT2D eigenvalue weighted by atomic mass is 16.5. The lowest BCUT2D eigenvalue weighted by molar-refractivity contribution is -0.120. The number of aryl methyl sites for hydroxylation is 1. The van der Waals surface area contributed by atoms with Crippen molar-refractivity contribution in [2.75, 3.05) is 19.7 Å². The molecule has 2 aromatic carbocycles. The van der Waals surface area contributed by atoms with Crippen LogP contribution in [0.1, 0.15) is 46.8 Å². The molecule has 1 saturated heterocycles. The van der Waals surface area contributed by atoms with Gasteiger partial charge in [-0.1, -0.05) is 36.4 Å². The Bertz CT molecular complexity index is 816. The number of ketones is 1. The first-order valence-electron chi connectivity index (χ1n) is 9.54. The van der Waals surface area contributed by atoms with Gasteiger partial charge >= 0.3 is 5.97 Å². The molecule has 0 bridgehead atoms. The first-order chi connectivity index (χ1) is 13.0. The van der Waals surface area contributed by atoms with Crippen molar-refractivity contribution in [2.45, 2.75) is 33.2 Å². The minimum atomic E-state index is -0.308. The molecule has 0 unspecified atom stereocenters. The third-order valence-corrected chi connectivity index (χ3v) is 5.36. The molecule has 4 nitrogen and oxygen atoms in total. The number of carbonyl (C=O) groups excluding carboxylic acids is 2. The van der Waals surface area contributed by atoms with Crippen molar-refractivity contribution >= 4 is 11.8 Å². The van der Waals surface area contributed by atoms with E-state index in [2.05, 4.69) is 17.0 Å². The number of benzene rings is 2. The predicted octanol–water partition coefficient (Wildman–Crippen LogP) is 3.98. The minimum Gasteiger partial charge on any atom is -0.462 e. The van der Waals surface area contributed by atoms with Gasteiger partial charge in [0.25, 0.3) is 0 Å². The third-order valence-electron chi connectivity index (χ3n) is 5.36. The van der Waals surface area contributed by atoms with Crippen LogP contribution >= 0.6 is 0 Å². The van der Waals surface area contributed by atoms with Gasteiger partial charge in [0.05, 0.1) is 12.2 Å². The maximum Gasteiger partial charge on any atom is 0.338 e. The summed E-state index contributed by atoms with van der Waals surface area (Å²) in [4.78, 5) is 26.8. The Hall–Kier alpha value is -2.46. The van der Waals surface area contributed by atoms with E-state index in [4.69, 9.17) is 4.74 Å². The number of esters is 1. The van der Waals surface area contributed by atoms with E-state index in [0.717, 1.165) is 30.8 Å². The molecule has 3 rings (SSSR count). The summed E-state index contributed by atoms with van der Waals surface area (Å²) < 4.78 is 5.14. The number of likely N-dealkylation sites (tertiary alicyclic amines) is 1. The first kappa shape index (κ1) is 19.3. The van der Waals surface area contributed by atoms with E-state index >= 15 is 0 Å². The molecule has 0 spiro atoms. The largest absolute Gasteiger partial charge is 0.462 e. The van der Waals surface area contributed by atoms with Crippen LogP contribution in [0.2, 0.25) is 0 Å². The Morgan fingerprint density at radius 2 is 1.85 bits per heavy atom. The van der Waals surface area contributed by atoms with E-state index < -0.39 is 0 Å². The number of ether oxygens (including phenoxy) is 1. The third kappa shape index (κ3) is 4.45. The number of carbonyl (C=O) groups is 2. The van der Waals surface area contributed by atoms with Crippen molar-refractivity contribution in [1.82, 2.24) is 4.90 Å². The van der Waals surface area contributed by atoms with Crippen LogP contribution in [0.25, 0.3) is 0 Å². The second-order valence-electron chi connectivity index (χ2n) is 7.30. The second-order valence-corrected chi connectivity index (χ2v) is 7.30. The van der Waals surface area contributed by atoms with E-state index in [1.807, 2.05) is 37.3 Å². The summed E-state index contributed by atoms with van der Waals surface area (Å²) in [5.41, 5.74) is 4.00. The molecule has 0 radical (unpaired) electrons. The first-order valence-corrected chi connectivity index (χ1v) is 9.54. The van der Waals surface area contributed by atoms with Crippen LogP contribution in [0.5, 0.6) is 0 Å². The SMILES string of the molecule is CCOC(=O)c1ccc(C)c([C@H]2CN(Cc3ccccc3)C[C@@H]2C(C)=O)c1. The van der Waals surface area contributed by atoms with Gasteiger partial charge in [-0.2, -0.15) is 0 Å². The molecule has 27 heavy (non-hydrogen) atoms. The molecule has 1 heterocycles. The lowest BCUT2D eigenvalue weighted by Gasteiger charge is -2.19. The normalized spacial score (nSPS) is 19.8. The zero-order valence-electron chi connectivity index (χ0n) is 16.3. The van der Waals surface area contributed by atoms with Gasteiger partial charge in [0, 0.05) is 31.5 Å². The number of rotatable bonds is 6. The number of Topliss-reactive ketones (excluding diaryl/α,β-unsaturated/α-hetero) is 1. The Labute approximate surface area is 161 Å². The Kier molecular flexibility index (Phi) is 6.07. The smallest absolute Gasteiger partial charge is 0.338 e. The van der Waals surface area contributed by atoms with Crippen molar-refractivity contribution in [1.29, 1.82) is 0 Å². The molecule has 0 amide bonds. The van der Waals surface area contributed by atoms with Crippen LogP contribution in [0, 0.1) is 12.8 Å². The molecule has 1 fully saturated rings. The predicted molar refractivity (Wildman–Crippen MR) is 106 cm³/mol. The zero-order chi connectivity index (χ0) is 19.4. The average Bonchev–Trinajstić information content (AvgIpc) is 3.07. The Morgan fingerprint density at radius 3 is 2.52 bits per heavy atom. The molecule has 2 aromatic rings. The van der Waals surface area contributed by atoms with Gasteiger partial charge in [-0.25, -0.2) is 4.79 Å².